The first-order chi connectivity index (χ1) is 8.83. The van der Waals surface area contributed by atoms with Crippen LogP contribution in [0, 0.1) is 0 Å². The third kappa shape index (κ3) is 3.04. The Morgan fingerprint density at radius 2 is 2.22 bits per heavy atom. The number of aryl methyl sites for hydroxylation is 1. The second kappa shape index (κ2) is 6.11. The van der Waals surface area contributed by atoms with Crippen LogP contribution >= 0.6 is 0 Å². The lowest BCUT2D eigenvalue weighted by Crippen LogP contribution is -2.08. The summed E-state index contributed by atoms with van der Waals surface area (Å²) in [6, 6.07) is 3.82. The molecule has 0 aromatic carbocycles. The predicted molar refractivity (Wildman–Crippen MR) is 67.0 cm³/mol. The van der Waals surface area contributed by atoms with Crippen molar-refractivity contribution in [2.75, 3.05) is 6.54 Å². The van der Waals surface area contributed by atoms with Crippen LogP contribution in [0.3, 0.4) is 0 Å². The Labute approximate surface area is 106 Å². The fraction of sp³-hybridized carbons (Fsp3) is 0.417. The maximum atomic E-state index is 5.61. The molecule has 0 saturated carbocycles. The highest BCUT2D eigenvalue weighted by atomic mass is 16.5. The summed E-state index contributed by atoms with van der Waals surface area (Å²) in [5.41, 5.74) is 6.44. The van der Waals surface area contributed by atoms with Gasteiger partial charge in [0.1, 0.15) is 18.7 Å². The SMILES string of the molecule is CCn1ncnc1COc1ccc(CCN)nc1. The zero-order valence-electron chi connectivity index (χ0n) is 10.4. The van der Waals surface area contributed by atoms with Gasteiger partial charge in [-0.3, -0.25) is 4.98 Å². The fourth-order valence-corrected chi connectivity index (χ4v) is 1.60. The quantitative estimate of drug-likeness (QED) is 0.815. The van der Waals surface area contributed by atoms with E-state index in [1.807, 2.05) is 19.1 Å². The summed E-state index contributed by atoms with van der Waals surface area (Å²) in [4.78, 5) is 8.40. The van der Waals surface area contributed by atoms with Crippen LogP contribution in [0.25, 0.3) is 0 Å². The van der Waals surface area contributed by atoms with E-state index in [-0.39, 0.29) is 0 Å². The minimum atomic E-state index is 0.395. The van der Waals surface area contributed by atoms with Crippen LogP contribution in [0.15, 0.2) is 24.7 Å². The Bertz CT molecular complexity index is 479. The zero-order chi connectivity index (χ0) is 12.8. The van der Waals surface area contributed by atoms with Gasteiger partial charge < -0.3 is 10.5 Å². The molecule has 6 nitrogen and oxygen atoms in total. The standard InChI is InChI=1S/C12H17N5O/c1-2-17-12(15-9-16-17)8-18-11-4-3-10(5-6-13)14-7-11/h3-4,7,9H,2,5-6,8,13H2,1H3. The van der Waals surface area contributed by atoms with Gasteiger partial charge >= 0.3 is 0 Å². The van der Waals surface area contributed by atoms with Crippen LogP contribution in [0.1, 0.15) is 18.4 Å². The number of rotatable bonds is 6. The summed E-state index contributed by atoms with van der Waals surface area (Å²) in [5.74, 6) is 1.53. The average Bonchev–Trinajstić information content (AvgIpc) is 2.86. The third-order valence-corrected chi connectivity index (χ3v) is 2.56. The number of pyridine rings is 1. The van der Waals surface area contributed by atoms with Gasteiger partial charge in [-0.2, -0.15) is 5.10 Å². The van der Waals surface area contributed by atoms with Crippen molar-refractivity contribution in [1.29, 1.82) is 0 Å². The van der Waals surface area contributed by atoms with E-state index in [1.54, 1.807) is 10.9 Å². The van der Waals surface area contributed by atoms with Gasteiger partial charge in [0.15, 0.2) is 5.82 Å². The van der Waals surface area contributed by atoms with Gasteiger partial charge in [0, 0.05) is 18.7 Å². The van der Waals surface area contributed by atoms with Crippen molar-refractivity contribution in [3.8, 4) is 5.75 Å². The number of hydrogen-bond donors (Lipinski definition) is 1. The van der Waals surface area contributed by atoms with Crippen molar-refractivity contribution >= 4 is 0 Å². The average molecular weight is 247 g/mol. The highest BCUT2D eigenvalue weighted by Gasteiger charge is 2.03. The Balaban J connectivity index is 1.94. The molecule has 2 rings (SSSR count). The Hall–Kier alpha value is -1.95. The molecule has 0 saturated heterocycles. The molecule has 0 fully saturated rings. The maximum absolute atomic E-state index is 5.61. The van der Waals surface area contributed by atoms with Gasteiger partial charge in [-0.05, 0) is 25.6 Å². The molecular formula is C12H17N5O. The highest BCUT2D eigenvalue weighted by molar-refractivity contribution is 5.20. The summed E-state index contributed by atoms with van der Waals surface area (Å²) >= 11 is 0. The van der Waals surface area contributed by atoms with E-state index < -0.39 is 0 Å². The lowest BCUT2D eigenvalue weighted by Gasteiger charge is -2.06. The third-order valence-electron chi connectivity index (χ3n) is 2.56. The van der Waals surface area contributed by atoms with Gasteiger partial charge in [-0.15, -0.1) is 0 Å². The summed E-state index contributed by atoms with van der Waals surface area (Å²) in [6.07, 6.45) is 4.02. The molecular weight excluding hydrogens is 230 g/mol. The first-order valence-electron chi connectivity index (χ1n) is 5.98. The fourth-order valence-electron chi connectivity index (χ4n) is 1.60. The molecule has 2 aromatic heterocycles. The topological polar surface area (TPSA) is 78.8 Å². The van der Waals surface area contributed by atoms with Crippen LogP contribution < -0.4 is 10.5 Å². The molecule has 6 heteroatoms. The second-order valence-corrected chi connectivity index (χ2v) is 3.80. The van der Waals surface area contributed by atoms with E-state index in [0.717, 1.165) is 30.2 Å². The number of hydrogen-bond acceptors (Lipinski definition) is 5. The number of aromatic nitrogens is 4. The molecule has 0 aliphatic carbocycles. The van der Waals surface area contributed by atoms with Gasteiger partial charge in [-0.1, -0.05) is 0 Å². The summed E-state index contributed by atoms with van der Waals surface area (Å²) < 4.78 is 7.41. The lowest BCUT2D eigenvalue weighted by molar-refractivity contribution is 0.286. The molecule has 0 bridgehead atoms. The van der Waals surface area contributed by atoms with E-state index >= 15 is 0 Å². The molecule has 0 amide bonds. The predicted octanol–water partition coefficient (Wildman–Crippen LogP) is 0.773. The molecule has 0 aliphatic rings. The molecule has 2 heterocycles. The van der Waals surface area contributed by atoms with Crippen LogP contribution in [0.5, 0.6) is 5.75 Å². The Kier molecular flexibility index (Phi) is 4.25. The second-order valence-electron chi connectivity index (χ2n) is 3.80. The minimum Gasteiger partial charge on any atom is -0.484 e. The Morgan fingerprint density at radius 3 is 2.89 bits per heavy atom. The van der Waals surface area contributed by atoms with Crippen molar-refractivity contribution in [2.45, 2.75) is 26.5 Å². The minimum absolute atomic E-state index is 0.395. The molecule has 2 N–H and O–H groups in total. The normalized spacial score (nSPS) is 10.6. The van der Waals surface area contributed by atoms with E-state index in [2.05, 4.69) is 15.1 Å². The molecule has 0 aliphatic heterocycles. The molecule has 96 valence electrons. The summed E-state index contributed by atoms with van der Waals surface area (Å²) in [5, 5.41) is 4.08. The number of nitrogens with two attached hydrogens (primary N) is 1. The van der Waals surface area contributed by atoms with Gasteiger partial charge in [0.05, 0.1) is 6.20 Å². The van der Waals surface area contributed by atoms with E-state index in [1.165, 1.54) is 6.33 Å². The summed E-state index contributed by atoms with van der Waals surface area (Å²) in [7, 11) is 0. The van der Waals surface area contributed by atoms with E-state index in [4.69, 9.17) is 10.5 Å². The van der Waals surface area contributed by atoms with Crippen LogP contribution in [-0.2, 0) is 19.6 Å². The van der Waals surface area contributed by atoms with Crippen LogP contribution in [-0.4, -0.2) is 26.3 Å². The summed E-state index contributed by atoms with van der Waals surface area (Å²) in [6.45, 7) is 3.80. The van der Waals surface area contributed by atoms with Crippen molar-refractivity contribution in [2.24, 2.45) is 5.73 Å². The Morgan fingerprint density at radius 1 is 1.33 bits per heavy atom. The number of ether oxygens (including phenoxy) is 1. The maximum Gasteiger partial charge on any atom is 0.164 e. The van der Waals surface area contributed by atoms with E-state index in [0.29, 0.717) is 13.2 Å². The highest BCUT2D eigenvalue weighted by Crippen LogP contribution is 2.11. The first-order valence-corrected chi connectivity index (χ1v) is 5.98. The number of nitrogens with zero attached hydrogens (tertiary/aromatic N) is 4. The molecule has 18 heavy (non-hydrogen) atoms. The monoisotopic (exact) mass is 247 g/mol. The van der Waals surface area contributed by atoms with Gasteiger partial charge in [-0.25, -0.2) is 9.67 Å². The van der Waals surface area contributed by atoms with Crippen LogP contribution in [0.2, 0.25) is 0 Å². The van der Waals surface area contributed by atoms with E-state index in [9.17, 15) is 0 Å². The van der Waals surface area contributed by atoms with Crippen molar-refractivity contribution in [1.82, 2.24) is 19.7 Å². The molecule has 0 spiro atoms. The van der Waals surface area contributed by atoms with Crippen molar-refractivity contribution < 1.29 is 4.74 Å². The molecule has 0 atom stereocenters. The zero-order valence-corrected chi connectivity index (χ0v) is 10.4. The first kappa shape index (κ1) is 12.5. The molecule has 2 aromatic rings. The van der Waals surface area contributed by atoms with Gasteiger partial charge in [0.2, 0.25) is 0 Å². The van der Waals surface area contributed by atoms with Crippen molar-refractivity contribution in [3.63, 3.8) is 0 Å². The smallest absolute Gasteiger partial charge is 0.164 e. The largest absolute Gasteiger partial charge is 0.484 e. The molecule has 0 unspecified atom stereocenters. The lowest BCUT2D eigenvalue weighted by atomic mass is 10.3. The molecule has 0 radical (unpaired) electrons. The van der Waals surface area contributed by atoms with Gasteiger partial charge in [0.25, 0.3) is 0 Å². The van der Waals surface area contributed by atoms with Crippen LogP contribution in [0.4, 0.5) is 0 Å². The van der Waals surface area contributed by atoms with Crippen molar-refractivity contribution in [3.05, 3.63) is 36.2 Å².